The smallest absolute Gasteiger partial charge is 0.339 e. The van der Waals surface area contributed by atoms with Crippen LogP contribution >= 0.6 is 0 Å². The van der Waals surface area contributed by atoms with Gasteiger partial charge in [-0.2, -0.15) is 0 Å². The number of carboxylic acid groups (broad SMARTS) is 1. The zero-order valence-corrected chi connectivity index (χ0v) is 12.4. The van der Waals surface area contributed by atoms with Crippen LogP contribution in [0.1, 0.15) is 36.7 Å². The molecule has 0 bridgehead atoms. The quantitative estimate of drug-likeness (QED) is 0.834. The molecule has 0 spiro atoms. The lowest BCUT2D eigenvalue weighted by Gasteiger charge is -2.20. The molecule has 4 heteroatoms. The van der Waals surface area contributed by atoms with Crippen LogP contribution in [0, 0.1) is 0 Å². The number of hydrogen-bond donors (Lipinski definition) is 2. The Morgan fingerprint density at radius 1 is 1.14 bits per heavy atom. The number of anilines is 1. The van der Waals surface area contributed by atoms with Gasteiger partial charge in [-0.3, -0.25) is 0 Å². The Labute approximate surface area is 124 Å². The lowest BCUT2D eigenvalue weighted by molar-refractivity contribution is 0.0694. The summed E-state index contributed by atoms with van der Waals surface area (Å²) in [6.07, 6.45) is 0. The summed E-state index contributed by atoms with van der Waals surface area (Å²) >= 11 is 0. The summed E-state index contributed by atoms with van der Waals surface area (Å²) < 4.78 is 5.73. The summed E-state index contributed by atoms with van der Waals surface area (Å²) in [6, 6.07) is 12.1. The summed E-state index contributed by atoms with van der Waals surface area (Å²) in [5.41, 5.74) is 7.36. The molecular weight excluding hydrogens is 266 g/mol. The van der Waals surface area contributed by atoms with E-state index < -0.39 is 5.97 Å². The molecule has 0 atom stereocenters. The van der Waals surface area contributed by atoms with Crippen molar-refractivity contribution in [3.8, 4) is 11.5 Å². The maximum absolute atomic E-state index is 11.2. The third-order valence-corrected chi connectivity index (χ3v) is 3.16. The third-order valence-electron chi connectivity index (χ3n) is 3.16. The van der Waals surface area contributed by atoms with Gasteiger partial charge < -0.3 is 15.6 Å². The lowest BCUT2D eigenvalue weighted by atomic mass is 9.87. The van der Waals surface area contributed by atoms with Crippen molar-refractivity contribution < 1.29 is 14.6 Å². The zero-order chi connectivity index (χ0) is 15.6. The van der Waals surface area contributed by atoms with Crippen LogP contribution in [0.25, 0.3) is 0 Å². The minimum atomic E-state index is -1.04. The van der Waals surface area contributed by atoms with Crippen LogP contribution in [-0.4, -0.2) is 11.1 Å². The summed E-state index contributed by atoms with van der Waals surface area (Å²) in [7, 11) is 0. The second-order valence-corrected chi connectivity index (χ2v) is 5.94. The molecule has 0 unspecified atom stereocenters. The molecule has 0 amide bonds. The monoisotopic (exact) mass is 285 g/mol. The van der Waals surface area contributed by atoms with E-state index in [9.17, 15) is 9.90 Å². The first-order chi connectivity index (χ1) is 9.77. The largest absolute Gasteiger partial charge is 0.478 e. The average Bonchev–Trinajstić information content (AvgIpc) is 2.37. The molecule has 0 saturated carbocycles. The highest BCUT2D eigenvalue weighted by molar-refractivity contribution is 5.91. The fourth-order valence-corrected chi connectivity index (χ4v) is 1.95. The van der Waals surface area contributed by atoms with Gasteiger partial charge in [0.1, 0.15) is 17.1 Å². The summed E-state index contributed by atoms with van der Waals surface area (Å²) in [4.78, 5) is 11.2. The standard InChI is InChI=1S/C17H19NO3/c1-17(2,3)11-5-4-6-13(9-11)21-15-10-12(18)7-8-14(15)16(19)20/h4-10H,18H2,1-3H3,(H,19,20). The van der Waals surface area contributed by atoms with Crippen molar-refractivity contribution in [2.75, 3.05) is 5.73 Å². The average molecular weight is 285 g/mol. The molecule has 21 heavy (non-hydrogen) atoms. The molecule has 3 N–H and O–H groups in total. The molecule has 0 heterocycles. The third kappa shape index (κ3) is 3.54. The van der Waals surface area contributed by atoms with Gasteiger partial charge in [-0.15, -0.1) is 0 Å². The van der Waals surface area contributed by atoms with Gasteiger partial charge in [-0.1, -0.05) is 32.9 Å². The van der Waals surface area contributed by atoms with Gasteiger partial charge >= 0.3 is 5.97 Å². The van der Waals surface area contributed by atoms with Gasteiger partial charge in [0.15, 0.2) is 0 Å². The predicted octanol–water partition coefficient (Wildman–Crippen LogP) is 4.06. The Morgan fingerprint density at radius 3 is 2.48 bits per heavy atom. The Bertz CT molecular complexity index is 672. The molecule has 0 aliphatic carbocycles. The maximum atomic E-state index is 11.2. The molecule has 2 aromatic rings. The highest BCUT2D eigenvalue weighted by atomic mass is 16.5. The van der Waals surface area contributed by atoms with E-state index in [0.29, 0.717) is 11.4 Å². The van der Waals surface area contributed by atoms with Gasteiger partial charge in [-0.05, 0) is 35.2 Å². The second-order valence-electron chi connectivity index (χ2n) is 5.94. The lowest BCUT2D eigenvalue weighted by Crippen LogP contribution is -2.10. The molecule has 0 aromatic heterocycles. The minimum absolute atomic E-state index is 0.00921. The minimum Gasteiger partial charge on any atom is -0.478 e. The first kappa shape index (κ1) is 14.9. The van der Waals surface area contributed by atoms with Crippen molar-refractivity contribution in [1.29, 1.82) is 0 Å². The summed E-state index contributed by atoms with van der Waals surface area (Å²) in [6.45, 7) is 6.32. The molecule has 0 aliphatic heterocycles. The Balaban J connectivity index is 2.39. The maximum Gasteiger partial charge on any atom is 0.339 e. The van der Waals surface area contributed by atoms with E-state index in [1.54, 1.807) is 12.1 Å². The van der Waals surface area contributed by atoms with Crippen molar-refractivity contribution in [2.24, 2.45) is 0 Å². The summed E-state index contributed by atoms with van der Waals surface area (Å²) in [5.74, 6) is -0.207. The van der Waals surface area contributed by atoms with Crippen LogP contribution in [0.15, 0.2) is 42.5 Å². The number of nitrogens with two attached hydrogens (primary N) is 1. The number of rotatable bonds is 3. The normalized spacial score (nSPS) is 11.2. The van der Waals surface area contributed by atoms with Crippen LogP contribution in [0.3, 0.4) is 0 Å². The number of carboxylic acids is 1. The molecule has 0 radical (unpaired) electrons. The van der Waals surface area contributed by atoms with Crippen LogP contribution in [0.2, 0.25) is 0 Å². The molecule has 0 saturated heterocycles. The van der Waals surface area contributed by atoms with Gasteiger partial charge in [0.25, 0.3) is 0 Å². The number of ether oxygens (including phenoxy) is 1. The van der Waals surface area contributed by atoms with E-state index in [4.69, 9.17) is 10.5 Å². The van der Waals surface area contributed by atoms with Gasteiger partial charge in [0.05, 0.1) is 0 Å². The summed E-state index contributed by atoms with van der Waals surface area (Å²) in [5, 5.41) is 9.20. The molecular formula is C17H19NO3. The Morgan fingerprint density at radius 2 is 1.86 bits per heavy atom. The number of aromatic carboxylic acids is 1. The van der Waals surface area contributed by atoms with Gasteiger partial charge in [0.2, 0.25) is 0 Å². The molecule has 0 aliphatic rings. The molecule has 110 valence electrons. The van der Waals surface area contributed by atoms with E-state index in [2.05, 4.69) is 20.8 Å². The van der Waals surface area contributed by atoms with Crippen molar-refractivity contribution in [2.45, 2.75) is 26.2 Å². The van der Waals surface area contributed by atoms with Gasteiger partial charge in [0, 0.05) is 11.8 Å². The fourth-order valence-electron chi connectivity index (χ4n) is 1.95. The zero-order valence-electron chi connectivity index (χ0n) is 12.4. The van der Waals surface area contributed by atoms with E-state index in [-0.39, 0.29) is 16.7 Å². The number of hydrogen-bond acceptors (Lipinski definition) is 3. The van der Waals surface area contributed by atoms with E-state index in [0.717, 1.165) is 5.56 Å². The first-order valence-corrected chi connectivity index (χ1v) is 6.68. The second kappa shape index (κ2) is 5.48. The fraction of sp³-hybridized carbons (Fsp3) is 0.235. The van der Waals surface area contributed by atoms with Gasteiger partial charge in [-0.25, -0.2) is 4.79 Å². The highest BCUT2D eigenvalue weighted by Gasteiger charge is 2.16. The van der Waals surface area contributed by atoms with Crippen LogP contribution in [0.4, 0.5) is 5.69 Å². The topological polar surface area (TPSA) is 72.5 Å². The molecule has 2 rings (SSSR count). The Hall–Kier alpha value is -2.49. The molecule has 2 aromatic carbocycles. The Kier molecular flexibility index (Phi) is 3.89. The SMILES string of the molecule is CC(C)(C)c1cccc(Oc2cc(N)ccc2C(=O)O)c1. The molecule has 4 nitrogen and oxygen atoms in total. The van der Waals surface area contributed by atoms with Crippen LogP contribution < -0.4 is 10.5 Å². The highest BCUT2D eigenvalue weighted by Crippen LogP contribution is 2.31. The van der Waals surface area contributed by atoms with Crippen molar-refractivity contribution >= 4 is 11.7 Å². The van der Waals surface area contributed by atoms with Crippen molar-refractivity contribution in [3.63, 3.8) is 0 Å². The number of nitrogen functional groups attached to an aromatic ring is 1. The van der Waals surface area contributed by atoms with Crippen molar-refractivity contribution in [1.82, 2.24) is 0 Å². The number of benzene rings is 2. The predicted molar refractivity (Wildman–Crippen MR) is 83.0 cm³/mol. The number of carbonyl (C=O) groups is 1. The van der Waals surface area contributed by atoms with Crippen LogP contribution in [0.5, 0.6) is 11.5 Å². The van der Waals surface area contributed by atoms with Crippen molar-refractivity contribution in [3.05, 3.63) is 53.6 Å². The molecule has 0 fully saturated rings. The van der Waals surface area contributed by atoms with E-state index >= 15 is 0 Å². The van der Waals surface area contributed by atoms with Crippen LogP contribution in [-0.2, 0) is 5.41 Å². The van der Waals surface area contributed by atoms with E-state index in [1.165, 1.54) is 12.1 Å². The first-order valence-electron chi connectivity index (χ1n) is 6.68. The van der Waals surface area contributed by atoms with E-state index in [1.807, 2.05) is 18.2 Å².